The molecule has 0 aromatic heterocycles. The van der Waals surface area contributed by atoms with Crippen LogP contribution in [0.1, 0.15) is 46.5 Å². The second-order valence-corrected chi connectivity index (χ2v) is 7.12. The smallest absolute Gasteiger partial charge is 0.0194 e. The molecule has 1 nitrogen and oxygen atoms in total. The zero-order valence-electron chi connectivity index (χ0n) is 10.3. The van der Waals surface area contributed by atoms with Crippen molar-refractivity contribution in [3.05, 3.63) is 0 Å². The molecule has 1 heterocycles. The minimum atomic E-state index is 0.788. The Kier molecular flexibility index (Phi) is 4.00. The molecule has 1 aliphatic heterocycles. The van der Waals surface area contributed by atoms with E-state index in [-0.39, 0.29) is 0 Å². The van der Waals surface area contributed by atoms with Gasteiger partial charge in [0.1, 0.15) is 0 Å². The van der Waals surface area contributed by atoms with Crippen molar-refractivity contribution in [2.45, 2.75) is 63.8 Å². The summed E-state index contributed by atoms with van der Waals surface area (Å²) in [5, 5.41) is 4.75. The highest BCUT2D eigenvalue weighted by atomic mass is 32.2. The van der Waals surface area contributed by atoms with Crippen LogP contribution in [0.3, 0.4) is 0 Å². The van der Waals surface area contributed by atoms with E-state index in [0.29, 0.717) is 0 Å². The van der Waals surface area contributed by atoms with Crippen LogP contribution in [0, 0.1) is 11.8 Å². The van der Waals surface area contributed by atoms with Gasteiger partial charge >= 0.3 is 0 Å². The number of nitrogens with one attached hydrogen (secondary N) is 1. The van der Waals surface area contributed by atoms with Crippen molar-refractivity contribution >= 4 is 11.8 Å². The Morgan fingerprint density at radius 1 is 1.00 bits per heavy atom. The summed E-state index contributed by atoms with van der Waals surface area (Å²) in [6.45, 7) is 7.21. The highest BCUT2D eigenvalue weighted by molar-refractivity contribution is 8.00. The number of thioether (sulfide) groups is 1. The van der Waals surface area contributed by atoms with Gasteiger partial charge in [0.25, 0.3) is 0 Å². The molecule has 0 amide bonds. The highest BCUT2D eigenvalue weighted by Crippen LogP contribution is 2.32. The molecular weight excluding hydrogens is 202 g/mol. The summed E-state index contributed by atoms with van der Waals surface area (Å²) >= 11 is 2.13. The maximum absolute atomic E-state index is 3.92. The fourth-order valence-corrected chi connectivity index (χ4v) is 4.35. The Hall–Kier alpha value is 0.310. The van der Waals surface area contributed by atoms with E-state index in [1.807, 2.05) is 0 Å². The van der Waals surface area contributed by atoms with Crippen LogP contribution in [0.5, 0.6) is 0 Å². The van der Waals surface area contributed by atoms with Crippen molar-refractivity contribution in [1.82, 2.24) is 5.32 Å². The second-order valence-electron chi connectivity index (χ2n) is 5.64. The molecule has 5 atom stereocenters. The quantitative estimate of drug-likeness (QED) is 0.777. The van der Waals surface area contributed by atoms with Crippen molar-refractivity contribution in [2.24, 2.45) is 11.8 Å². The van der Waals surface area contributed by atoms with Gasteiger partial charge in [-0.25, -0.2) is 0 Å². The van der Waals surface area contributed by atoms with Crippen LogP contribution in [0.15, 0.2) is 0 Å². The third-order valence-corrected chi connectivity index (χ3v) is 5.56. The van der Waals surface area contributed by atoms with E-state index in [9.17, 15) is 0 Å². The van der Waals surface area contributed by atoms with Gasteiger partial charge in [0.15, 0.2) is 0 Å². The summed E-state index contributed by atoms with van der Waals surface area (Å²) in [4.78, 5) is 0. The maximum Gasteiger partial charge on any atom is 0.0194 e. The third kappa shape index (κ3) is 2.91. The Morgan fingerprint density at radius 2 is 1.80 bits per heavy atom. The topological polar surface area (TPSA) is 12.0 Å². The third-order valence-electron chi connectivity index (χ3n) is 4.24. The Labute approximate surface area is 98.8 Å². The van der Waals surface area contributed by atoms with Crippen LogP contribution in [0.2, 0.25) is 0 Å². The van der Waals surface area contributed by atoms with Crippen LogP contribution in [0.25, 0.3) is 0 Å². The Balaban J connectivity index is 1.83. The highest BCUT2D eigenvalue weighted by Gasteiger charge is 2.30. The number of hydrogen-bond acceptors (Lipinski definition) is 2. The molecule has 5 unspecified atom stereocenters. The average Bonchev–Trinajstić information content (AvgIpc) is 2.57. The Morgan fingerprint density at radius 3 is 2.40 bits per heavy atom. The first-order chi connectivity index (χ1) is 7.16. The van der Waals surface area contributed by atoms with Gasteiger partial charge in [-0.2, -0.15) is 11.8 Å². The minimum absolute atomic E-state index is 0.788. The lowest BCUT2D eigenvalue weighted by atomic mass is 9.79. The first-order valence-corrected chi connectivity index (χ1v) is 7.59. The number of hydrogen-bond donors (Lipinski definition) is 1. The maximum atomic E-state index is 3.92. The summed E-state index contributed by atoms with van der Waals surface area (Å²) in [6, 6.07) is 1.59. The molecule has 0 bridgehead atoms. The molecule has 2 fully saturated rings. The summed E-state index contributed by atoms with van der Waals surface area (Å²) in [5.74, 6) is 3.19. The number of rotatable bonds is 2. The second kappa shape index (κ2) is 5.09. The van der Waals surface area contributed by atoms with E-state index in [0.717, 1.165) is 29.2 Å². The van der Waals surface area contributed by atoms with E-state index in [2.05, 4.69) is 37.8 Å². The Bertz CT molecular complexity index is 207. The first-order valence-electron chi connectivity index (χ1n) is 6.54. The zero-order chi connectivity index (χ0) is 10.8. The van der Waals surface area contributed by atoms with Crippen molar-refractivity contribution in [3.63, 3.8) is 0 Å². The predicted octanol–water partition coefficient (Wildman–Crippen LogP) is 3.29. The molecule has 0 aromatic rings. The molecule has 2 rings (SSSR count). The van der Waals surface area contributed by atoms with Crippen LogP contribution >= 0.6 is 11.8 Å². The van der Waals surface area contributed by atoms with E-state index in [4.69, 9.17) is 0 Å². The van der Waals surface area contributed by atoms with Crippen LogP contribution < -0.4 is 5.32 Å². The van der Waals surface area contributed by atoms with E-state index < -0.39 is 0 Å². The normalized spacial score (nSPS) is 47.0. The van der Waals surface area contributed by atoms with Gasteiger partial charge in [-0.3, -0.25) is 0 Å². The van der Waals surface area contributed by atoms with E-state index in [1.54, 1.807) is 0 Å². The van der Waals surface area contributed by atoms with Crippen LogP contribution in [-0.4, -0.2) is 23.1 Å². The molecule has 88 valence electrons. The van der Waals surface area contributed by atoms with Crippen molar-refractivity contribution in [2.75, 3.05) is 5.75 Å². The summed E-state index contributed by atoms with van der Waals surface area (Å²) in [7, 11) is 0. The fraction of sp³-hybridized carbons (Fsp3) is 1.00. The monoisotopic (exact) mass is 227 g/mol. The van der Waals surface area contributed by atoms with Gasteiger partial charge in [0.05, 0.1) is 0 Å². The predicted molar refractivity (Wildman–Crippen MR) is 69.4 cm³/mol. The van der Waals surface area contributed by atoms with E-state index >= 15 is 0 Å². The molecule has 15 heavy (non-hydrogen) atoms. The molecule has 0 spiro atoms. The van der Waals surface area contributed by atoms with Crippen molar-refractivity contribution in [1.29, 1.82) is 0 Å². The van der Waals surface area contributed by atoms with Gasteiger partial charge in [-0.15, -0.1) is 0 Å². The zero-order valence-corrected chi connectivity index (χ0v) is 11.1. The standard InChI is InChI=1S/C13H25NS/c1-9-4-5-12(10(2)8-9)14-13-6-7-15-11(13)3/h9-14H,4-8H2,1-3H3. The van der Waals surface area contributed by atoms with Crippen LogP contribution in [-0.2, 0) is 0 Å². The largest absolute Gasteiger partial charge is 0.310 e. The average molecular weight is 227 g/mol. The molecule has 1 N–H and O–H groups in total. The van der Waals surface area contributed by atoms with E-state index in [1.165, 1.54) is 31.4 Å². The first kappa shape index (κ1) is 11.8. The molecule has 1 aliphatic carbocycles. The lowest BCUT2D eigenvalue weighted by molar-refractivity contribution is 0.213. The molecule has 1 saturated heterocycles. The fourth-order valence-electron chi connectivity index (χ4n) is 3.14. The van der Waals surface area contributed by atoms with Crippen molar-refractivity contribution in [3.8, 4) is 0 Å². The minimum Gasteiger partial charge on any atom is -0.310 e. The lowest BCUT2D eigenvalue weighted by Gasteiger charge is -2.36. The van der Waals surface area contributed by atoms with Crippen molar-refractivity contribution < 1.29 is 0 Å². The summed E-state index contributed by atoms with van der Waals surface area (Å²) < 4.78 is 0. The molecule has 1 saturated carbocycles. The lowest BCUT2D eigenvalue weighted by Crippen LogP contribution is -2.46. The molecule has 0 radical (unpaired) electrons. The van der Waals surface area contributed by atoms with Crippen LogP contribution in [0.4, 0.5) is 0 Å². The van der Waals surface area contributed by atoms with Gasteiger partial charge in [-0.05, 0) is 43.3 Å². The molecule has 2 aliphatic rings. The van der Waals surface area contributed by atoms with Gasteiger partial charge in [0.2, 0.25) is 0 Å². The molecule has 2 heteroatoms. The van der Waals surface area contributed by atoms with Gasteiger partial charge in [-0.1, -0.05) is 20.8 Å². The summed E-state index contributed by atoms with van der Waals surface area (Å²) in [6.07, 6.45) is 5.63. The SMILES string of the molecule is CC1CCC(NC2CCSC2C)C(C)C1. The molecule has 0 aromatic carbocycles. The van der Waals surface area contributed by atoms with Gasteiger partial charge < -0.3 is 5.32 Å². The summed E-state index contributed by atoms with van der Waals surface area (Å²) in [5.41, 5.74) is 0. The molecular formula is C13H25NS. The van der Waals surface area contributed by atoms with Gasteiger partial charge in [0, 0.05) is 17.3 Å².